The van der Waals surface area contributed by atoms with Gasteiger partial charge >= 0.3 is 0 Å². The molecule has 0 aromatic heterocycles. The van der Waals surface area contributed by atoms with Crippen molar-refractivity contribution < 1.29 is 9.72 Å². The van der Waals surface area contributed by atoms with Gasteiger partial charge in [-0.3, -0.25) is 14.9 Å². The molecule has 3 N–H and O–H groups in total. The molecule has 0 aliphatic carbocycles. The lowest BCUT2D eigenvalue weighted by atomic mass is 10.1. The molecule has 1 amide bonds. The lowest BCUT2D eigenvalue weighted by Gasteiger charge is -2.13. The quantitative estimate of drug-likeness (QED) is 0.580. The fourth-order valence-electron chi connectivity index (χ4n) is 1.27. The van der Waals surface area contributed by atoms with Crippen LogP contribution in [-0.4, -0.2) is 17.4 Å². The molecule has 0 aliphatic heterocycles. The number of nitrogens with zero attached hydrogens (tertiary/aromatic N) is 1. The summed E-state index contributed by atoms with van der Waals surface area (Å²) in [6.45, 7) is 1.71. The first-order valence-corrected chi connectivity index (χ1v) is 4.78. The second kappa shape index (κ2) is 5.22. The van der Waals surface area contributed by atoms with Crippen molar-refractivity contribution in [3.8, 4) is 0 Å². The van der Waals surface area contributed by atoms with Gasteiger partial charge in [-0.2, -0.15) is 0 Å². The van der Waals surface area contributed by atoms with E-state index in [4.69, 9.17) is 5.73 Å². The molecule has 0 fully saturated rings. The van der Waals surface area contributed by atoms with Crippen LogP contribution < -0.4 is 11.1 Å². The number of rotatable bonds is 4. The molecule has 6 heteroatoms. The van der Waals surface area contributed by atoms with E-state index in [1.54, 1.807) is 19.1 Å². The van der Waals surface area contributed by atoms with Crippen LogP contribution in [0.4, 0.5) is 5.69 Å². The summed E-state index contributed by atoms with van der Waals surface area (Å²) in [6.07, 6.45) is 0. The lowest BCUT2D eigenvalue weighted by Crippen LogP contribution is -2.32. The highest BCUT2D eigenvalue weighted by molar-refractivity contribution is 5.78. The van der Waals surface area contributed by atoms with Gasteiger partial charge < -0.3 is 11.1 Å². The van der Waals surface area contributed by atoms with Crippen LogP contribution >= 0.6 is 0 Å². The number of carbonyl (C=O) groups excluding carboxylic acids is 1. The molecule has 16 heavy (non-hydrogen) atoms. The number of carbonyl (C=O) groups is 1. The lowest BCUT2D eigenvalue weighted by molar-refractivity contribution is -0.384. The summed E-state index contributed by atoms with van der Waals surface area (Å²) < 4.78 is 0. The van der Waals surface area contributed by atoms with Gasteiger partial charge in [0.25, 0.3) is 5.69 Å². The fourth-order valence-corrected chi connectivity index (χ4v) is 1.27. The third-order valence-electron chi connectivity index (χ3n) is 2.17. The molecular weight excluding hydrogens is 210 g/mol. The van der Waals surface area contributed by atoms with E-state index in [0.29, 0.717) is 0 Å². The molecule has 0 spiro atoms. The van der Waals surface area contributed by atoms with Crippen LogP contribution in [-0.2, 0) is 4.79 Å². The van der Waals surface area contributed by atoms with E-state index in [1.165, 1.54) is 12.1 Å². The van der Waals surface area contributed by atoms with Gasteiger partial charge in [0, 0.05) is 12.1 Å². The molecule has 1 unspecified atom stereocenters. The third-order valence-corrected chi connectivity index (χ3v) is 2.17. The molecule has 86 valence electrons. The molecule has 0 aliphatic rings. The average Bonchev–Trinajstić information content (AvgIpc) is 2.28. The minimum absolute atomic E-state index is 0.0288. The minimum Gasteiger partial charge on any atom is -0.348 e. The molecule has 1 atom stereocenters. The standard InChI is InChI=1S/C10H13N3O3/c1-7(12-10(14)6-11)8-2-4-9(5-3-8)13(15)16/h2-5,7H,6,11H2,1H3,(H,12,14). The second-order valence-corrected chi connectivity index (χ2v) is 3.34. The largest absolute Gasteiger partial charge is 0.348 e. The maximum absolute atomic E-state index is 11.0. The second-order valence-electron chi connectivity index (χ2n) is 3.34. The van der Waals surface area contributed by atoms with Gasteiger partial charge in [-0.15, -0.1) is 0 Å². The van der Waals surface area contributed by atoms with Gasteiger partial charge in [-0.25, -0.2) is 0 Å². The maximum Gasteiger partial charge on any atom is 0.269 e. The van der Waals surface area contributed by atoms with Crippen LogP contribution in [0.25, 0.3) is 0 Å². The number of hydrogen-bond donors (Lipinski definition) is 2. The van der Waals surface area contributed by atoms with E-state index in [0.717, 1.165) is 5.56 Å². The van der Waals surface area contributed by atoms with Crippen molar-refractivity contribution in [3.05, 3.63) is 39.9 Å². The van der Waals surface area contributed by atoms with E-state index < -0.39 is 4.92 Å². The van der Waals surface area contributed by atoms with Crippen LogP contribution in [0.1, 0.15) is 18.5 Å². The number of nitrogens with two attached hydrogens (primary N) is 1. The first-order chi connectivity index (χ1) is 7.54. The van der Waals surface area contributed by atoms with Crippen LogP contribution in [0.5, 0.6) is 0 Å². The van der Waals surface area contributed by atoms with Crippen molar-refractivity contribution in [2.75, 3.05) is 6.54 Å². The monoisotopic (exact) mass is 223 g/mol. The summed E-state index contributed by atoms with van der Waals surface area (Å²) in [5, 5.41) is 13.1. The van der Waals surface area contributed by atoms with Crippen LogP contribution in [0.2, 0.25) is 0 Å². The molecule has 1 aromatic carbocycles. The Bertz CT molecular complexity index is 389. The normalized spacial score (nSPS) is 11.9. The SMILES string of the molecule is CC(NC(=O)CN)c1ccc([N+](=O)[O-])cc1. The van der Waals surface area contributed by atoms with E-state index >= 15 is 0 Å². The Morgan fingerprint density at radius 2 is 2.06 bits per heavy atom. The fraction of sp³-hybridized carbons (Fsp3) is 0.300. The summed E-state index contributed by atoms with van der Waals surface area (Å²) in [6, 6.07) is 5.82. The van der Waals surface area contributed by atoms with Crippen LogP contribution in [0.3, 0.4) is 0 Å². The highest BCUT2D eigenvalue weighted by atomic mass is 16.6. The highest BCUT2D eigenvalue weighted by Gasteiger charge is 2.10. The van der Waals surface area contributed by atoms with Crippen LogP contribution in [0, 0.1) is 10.1 Å². The summed E-state index contributed by atoms with van der Waals surface area (Å²) in [5.41, 5.74) is 5.99. The van der Waals surface area contributed by atoms with Crippen molar-refractivity contribution in [1.82, 2.24) is 5.32 Å². The number of non-ortho nitro benzene ring substituents is 1. The van der Waals surface area contributed by atoms with Crippen molar-refractivity contribution in [3.63, 3.8) is 0 Å². The summed E-state index contributed by atoms with van der Waals surface area (Å²) in [5.74, 6) is -0.258. The van der Waals surface area contributed by atoms with Gasteiger partial charge in [0.15, 0.2) is 0 Å². The highest BCUT2D eigenvalue weighted by Crippen LogP contribution is 2.17. The van der Waals surface area contributed by atoms with Gasteiger partial charge in [0.2, 0.25) is 5.91 Å². The summed E-state index contributed by atoms with van der Waals surface area (Å²) >= 11 is 0. The first kappa shape index (κ1) is 12.1. The zero-order valence-corrected chi connectivity index (χ0v) is 8.84. The van der Waals surface area contributed by atoms with Crippen molar-refractivity contribution >= 4 is 11.6 Å². The minimum atomic E-state index is -0.465. The Kier molecular flexibility index (Phi) is 3.96. The number of hydrogen-bond acceptors (Lipinski definition) is 4. The molecule has 1 aromatic rings. The summed E-state index contributed by atoms with van der Waals surface area (Å²) in [4.78, 5) is 21.0. The van der Waals surface area contributed by atoms with Crippen LogP contribution in [0.15, 0.2) is 24.3 Å². The van der Waals surface area contributed by atoms with Gasteiger partial charge in [-0.1, -0.05) is 12.1 Å². The maximum atomic E-state index is 11.0. The van der Waals surface area contributed by atoms with E-state index in [1.807, 2.05) is 0 Å². The molecule has 0 bridgehead atoms. The van der Waals surface area contributed by atoms with Crippen molar-refractivity contribution in [2.45, 2.75) is 13.0 Å². The Morgan fingerprint density at radius 3 is 2.50 bits per heavy atom. The van der Waals surface area contributed by atoms with E-state index in [2.05, 4.69) is 5.32 Å². The number of amides is 1. The summed E-state index contributed by atoms with van der Waals surface area (Å²) in [7, 11) is 0. The average molecular weight is 223 g/mol. The Morgan fingerprint density at radius 1 is 1.50 bits per heavy atom. The van der Waals surface area contributed by atoms with Gasteiger partial charge in [-0.05, 0) is 12.5 Å². The molecule has 1 rings (SSSR count). The molecule has 0 saturated carbocycles. The van der Waals surface area contributed by atoms with Gasteiger partial charge in [0.1, 0.15) is 0 Å². The van der Waals surface area contributed by atoms with Gasteiger partial charge in [0.05, 0.1) is 17.5 Å². The van der Waals surface area contributed by atoms with E-state index in [9.17, 15) is 14.9 Å². The number of nitro groups is 1. The predicted molar refractivity (Wildman–Crippen MR) is 58.7 cm³/mol. The van der Waals surface area contributed by atoms with E-state index in [-0.39, 0.29) is 24.2 Å². The third kappa shape index (κ3) is 3.03. The molecular formula is C10H13N3O3. The molecule has 6 nitrogen and oxygen atoms in total. The Balaban J connectivity index is 2.73. The molecule has 0 saturated heterocycles. The molecule has 0 heterocycles. The van der Waals surface area contributed by atoms with Crippen molar-refractivity contribution in [1.29, 1.82) is 0 Å². The molecule has 0 radical (unpaired) electrons. The number of benzene rings is 1. The number of nitro benzene ring substituents is 1. The Labute approximate surface area is 92.6 Å². The zero-order valence-electron chi connectivity index (χ0n) is 8.84. The first-order valence-electron chi connectivity index (χ1n) is 4.78. The Hall–Kier alpha value is -1.95. The number of nitrogens with one attached hydrogen (secondary N) is 1. The zero-order chi connectivity index (χ0) is 12.1. The topological polar surface area (TPSA) is 98.3 Å². The smallest absolute Gasteiger partial charge is 0.269 e. The predicted octanol–water partition coefficient (Wildman–Crippen LogP) is 0.731. The van der Waals surface area contributed by atoms with Crippen molar-refractivity contribution in [2.24, 2.45) is 5.73 Å².